The van der Waals surface area contributed by atoms with Crippen molar-refractivity contribution in [2.24, 2.45) is 5.73 Å². The fourth-order valence-corrected chi connectivity index (χ4v) is 2.88. The highest BCUT2D eigenvalue weighted by Crippen LogP contribution is 2.23. The first-order valence-electron chi connectivity index (χ1n) is 4.72. The Kier molecular flexibility index (Phi) is 5.03. The maximum Gasteiger partial charge on any atom is 0.300 e. The molecule has 0 saturated carbocycles. The molecule has 0 fully saturated rings. The molecule has 4 nitrogen and oxygen atoms in total. The molecule has 0 radical (unpaired) electrons. The molecule has 0 unspecified atom stereocenters. The van der Waals surface area contributed by atoms with Gasteiger partial charge in [-0.05, 0) is 46.7 Å². The summed E-state index contributed by atoms with van der Waals surface area (Å²) in [6.45, 7) is 2.04. The second-order valence-electron chi connectivity index (χ2n) is 3.40. The number of fused-ring (bicyclic) bond motifs is 1. The van der Waals surface area contributed by atoms with E-state index in [1.54, 1.807) is 0 Å². The van der Waals surface area contributed by atoms with Crippen molar-refractivity contribution in [3.63, 3.8) is 0 Å². The molecule has 0 aliphatic heterocycles. The summed E-state index contributed by atoms with van der Waals surface area (Å²) < 4.78 is 3.03. The second-order valence-corrected chi connectivity index (χ2v) is 5.20. The average Bonchev–Trinajstić information content (AvgIpc) is 2.54. The van der Waals surface area contributed by atoms with Gasteiger partial charge in [-0.3, -0.25) is 15.5 Å². The smallest absolute Gasteiger partial charge is 0.300 e. The number of hydrogen-bond acceptors (Lipinski definition) is 2. The monoisotopic (exact) mass is 378 g/mol. The highest BCUT2D eigenvalue weighted by molar-refractivity contribution is 9.10. The first-order chi connectivity index (χ1) is 7.59. The van der Waals surface area contributed by atoms with Crippen LogP contribution < -0.4 is 28.1 Å². The number of pyridine rings is 1. The Morgan fingerprint density at radius 3 is 2.88 bits per heavy atom. The van der Waals surface area contributed by atoms with Gasteiger partial charge in [0.25, 0.3) is 5.17 Å². The molecule has 92 valence electrons. The van der Waals surface area contributed by atoms with Gasteiger partial charge in [-0.1, -0.05) is 6.07 Å². The molecule has 0 spiro atoms. The fourth-order valence-electron chi connectivity index (χ4n) is 1.50. The number of hydrogen-bond donors (Lipinski definition) is 2. The molecule has 0 amide bonds. The zero-order chi connectivity index (χ0) is 11.7. The lowest BCUT2D eigenvalue weighted by Crippen LogP contribution is -3.00. The summed E-state index contributed by atoms with van der Waals surface area (Å²) in [5, 5.41) is 5.78. The summed E-state index contributed by atoms with van der Waals surface area (Å²) >= 11 is 4.94. The van der Waals surface area contributed by atoms with E-state index in [-0.39, 0.29) is 17.0 Å². The quantitative estimate of drug-likeness (QED) is 0.456. The first-order valence-corrected chi connectivity index (χ1v) is 6.50. The lowest BCUT2D eigenvalue weighted by atomic mass is 10.4. The number of amidine groups is 1. The predicted molar refractivity (Wildman–Crippen MR) is 70.0 cm³/mol. The van der Waals surface area contributed by atoms with E-state index in [0.29, 0.717) is 10.9 Å². The molecule has 0 atom stereocenters. The number of aromatic nitrogens is 2. The minimum absolute atomic E-state index is 0. The summed E-state index contributed by atoms with van der Waals surface area (Å²) in [5.41, 5.74) is 8.44. The topological polar surface area (TPSA) is 68.9 Å². The number of nitrogens with two attached hydrogens (primary N) is 2. The summed E-state index contributed by atoms with van der Waals surface area (Å²) in [4.78, 5) is 4.52. The van der Waals surface area contributed by atoms with Crippen molar-refractivity contribution in [1.82, 2.24) is 9.38 Å². The number of imidazole rings is 1. The average molecular weight is 380 g/mol. The third kappa shape index (κ3) is 3.02. The zero-order valence-electron chi connectivity index (χ0n) is 9.15. The van der Waals surface area contributed by atoms with Gasteiger partial charge >= 0.3 is 0 Å². The van der Waals surface area contributed by atoms with E-state index in [2.05, 4.69) is 25.3 Å². The van der Waals surface area contributed by atoms with Crippen molar-refractivity contribution in [2.75, 3.05) is 0 Å². The van der Waals surface area contributed by atoms with Crippen LogP contribution in [0.25, 0.3) is 5.65 Å². The fraction of sp³-hybridized carbons (Fsp3) is 0.200. The SMILES string of the molecule is Cc1cccc2nc(CSC(N)=[NH2+])c(Br)n12.[Br-]. The zero-order valence-corrected chi connectivity index (χ0v) is 13.1. The van der Waals surface area contributed by atoms with Crippen LogP contribution in [-0.4, -0.2) is 14.6 Å². The Hall–Kier alpha value is -0.530. The van der Waals surface area contributed by atoms with E-state index in [9.17, 15) is 0 Å². The largest absolute Gasteiger partial charge is 1.00 e. The highest BCUT2D eigenvalue weighted by atomic mass is 79.9. The van der Waals surface area contributed by atoms with E-state index in [0.717, 1.165) is 21.6 Å². The molecule has 0 saturated heterocycles. The van der Waals surface area contributed by atoms with Gasteiger partial charge in [0.05, 0.1) is 11.4 Å². The molecule has 0 aliphatic rings. The Morgan fingerprint density at radius 1 is 1.59 bits per heavy atom. The van der Waals surface area contributed by atoms with Crippen molar-refractivity contribution >= 4 is 38.5 Å². The van der Waals surface area contributed by atoms with Gasteiger partial charge in [0.15, 0.2) is 0 Å². The van der Waals surface area contributed by atoms with E-state index >= 15 is 0 Å². The van der Waals surface area contributed by atoms with E-state index < -0.39 is 0 Å². The van der Waals surface area contributed by atoms with Crippen LogP contribution in [-0.2, 0) is 5.75 Å². The van der Waals surface area contributed by atoms with Crippen molar-refractivity contribution < 1.29 is 22.4 Å². The van der Waals surface area contributed by atoms with Gasteiger partial charge in [-0.2, -0.15) is 0 Å². The van der Waals surface area contributed by atoms with Gasteiger partial charge in [-0.15, -0.1) is 0 Å². The predicted octanol–water partition coefficient (Wildman–Crippen LogP) is -2.28. The lowest BCUT2D eigenvalue weighted by Gasteiger charge is -1.99. The number of nitrogens with zero attached hydrogens (tertiary/aromatic N) is 2. The standard InChI is InChI=1S/C10H11BrN4S.BrH/c1-6-3-2-4-8-14-7(5-16-10(12)13)9(11)15(6)8;/h2-4H,5H2,1H3,(H3,12,13);1H. The van der Waals surface area contributed by atoms with Gasteiger partial charge < -0.3 is 17.0 Å². The molecule has 2 rings (SSSR count). The molecular formula is C10H12Br2N4S. The molecule has 2 heterocycles. The molecular weight excluding hydrogens is 368 g/mol. The van der Waals surface area contributed by atoms with Crippen molar-refractivity contribution in [2.45, 2.75) is 12.7 Å². The number of thioether (sulfide) groups is 1. The Balaban J connectivity index is 0.00000144. The maximum absolute atomic E-state index is 5.42. The molecule has 2 aromatic heterocycles. The molecule has 0 bridgehead atoms. The van der Waals surface area contributed by atoms with Crippen LogP contribution in [0.4, 0.5) is 0 Å². The molecule has 0 aliphatic carbocycles. The lowest BCUT2D eigenvalue weighted by molar-refractivity contribution is -0.110. The van der Waals surface area contributed by atoms with Crippen molar-refractivity contribution in [1.29, 1.82) is 0 Å². The van der Waals surface area contributed by atoms with Crippen molar-refractivity contribution in [3.05, 3.63) is 34.2 Å². The minimum atomic E-state index is 0. The van der Waals surface area contributed by atoms with Gasteiger partial charge in [0.1, 0.15) is 10.3 Å². The highest BCUT2D eigenvalue weighted by Gasteiger charge is 2.12. The first kappa shape index (κ1) is 14.5. The summed E-state index contributed by atoms with van der Waals surface area (Å²) in [6.07, 6.45) is 0. The third-order valence-electron chi connectivity index (χ3n) is 2.22. The Labute approximate surface area is 122 Å². The minimum Gasteiger partial charge on any atom is -1.00 e. The summed E-state index contributed by atoms with van der Waals surface area (Å²) in [5.74, 6) is 0.671. The van der Waals surface area contributed by atoms with Crippen molar-refractivity contribution in [3.8, 4) is 0 Å². The normalized spacial score (nSPS) is 10.2. The molecule has 4 N–H and O–H groups in total. The second kappa shape index (κ2) is 5.88. The Morgan fingerprint density at radius 2 is 2.29 bits per heavy atom. The van der Waals surface area contributed by atoms with Crippen LogP contribution in [0.1, 0.15) is 11.4 Å². The number of halogens is 2. The van der Waals surface area contributed by atoms with E-state index in [1.807, 2.05) is 25.1 Å². The number of rotatable bonds is 2. The maximum atomic E-state index is 5.42. The van der Waals surface area contributed by atoms with Crippen LogP contribution in [0.15, 0.2) is 22.8 Å². The van der Waals surface area contributed by atoms with Crippen LogP contribution in [0, 0.1) is 6.92 Å². The molecule has 2 aromatic rings. The molecule has 0 aromatic carbocycles. The summed E-state index contributed by atoms with van der Waals surface area (Å²) in [7, 11) is 0. The van der Waals surface area contributed by atoms with Gasteiger partial charge in [0.2, 0.25) is 0 Å². The summed E-state index contributed by atoms with van der Waals surface area (Å²) in [6, 6.07) is 6.01. The number of aryl methyl sites for hydroxylation is 1. The molecule has 17 heavy (non-hydrogen) atoms. The van der Waals surface area contributed by atoms with Gasteiger partial charge in [-0.25, -0.2) is 4.98 Å². The molecule has 7 heteroatoms. The van der Waals surface area contributed by atoms with Crippen LogP contribution in [0.3, 0.4) is 0 Å². The third-order valence-corrected chi connectivity index (χ3v) is 3.79. The van der Waals surface area contributed by atoms with Crippen LogP contribution in [0.5, 0.6) is 0 Å². The van der Waals surface area contributed by atoms with Crippen LogP contribution in [0.2, 0.25) is 0 Å². The van der Waals surface area contributed by atoms with Crippen LogP contribution >= 0.6 is 27.7 Å². The van der Waals surface area contributed by atoms with Gasteiger partial charge in [0, 0.05) is 5.69 Å². The van der Waals surface area contributed by atoms with E-state index in [4.69, 9.17) is 11.1 Å². The van der Waals surface area contributed by atoms with E-state index in [1.165, 1.54) is 11.8 Å². The Bertz CT molecular complexity index is 552.